The number of carbonyl (C=O) groups is 2. The van der Waals surface area contributed by atoms with Crippen molar-refractivity contribution in [2.45, 2.75) is 76.3 Å². The van der Waals surface area contributed by atoms with Gasteiger partial charge in [0.1, 0.15) is 11.6 Å². The molecule has 1 aliphatic heterocycles. The molecule has 140 valence electrons. The Balaban J connectivity index is 2.26. The number of methoxy groups -OCH3 is 1. The number of azide groups is 1. The zero-order valence-corrected chi connectivity index (χ0v) is 15.3. The number of hydrogen-bond acceptors (Lipinski definition) is 5. The first kappa shape index (κ1) is 19.3. The molecule has 2 amide bonds. The Morgan fingerprint density at radius 3 is 2.60 bits per heavy atom. The van der Waals surface area contributed by atoms with Crippen molar-refractivity contribution in [1.29, 1.82) is 0 Å². The van der Waals surface area contributed by atoms with E-state index in [2.05, 4.69) is 15.3 Å². The average molecular weight is 353 g/mol. The Morgan fingerprint density at radius 1 is 1.36 bits per heavy atom. The van der Waals surface area contributed by atoms with Crippen LogP contribution in [0, 0.1) is 0 Å². The van der Waals surface area contributed by atoms with Gasteiger partial charge in [-0.15, -0.1) is 0 Å². The molecule has 2 rings (SSSR count). The molecular formula is C16H27N5O4. The summed E-state index contributed by atoms with van der Waals surface area (Å²) in [5, 5.41) is 6.55. The number of ether oxygens (including phenoxy) is 2. The highest BCUT2D eigenvalue weighted by Crippen LogP contribution is 2.31. The second kappa shape index (κ2) is 7.93. The summed E-state index contributed by atoms with van der Waals surface area (Å²) >= 11 is 0. The van der Waals surface area contributed by atoms with Gasteiger partial charge in [-0.3, -0.25) is 9.69 Å². The monoisotopic (exact) mass is 353 g/mol. The number of amides is 2. The van der Waals surface area contributed by atoms with Crippen LogP contribution in [0.3, 0.4) is 0 Å². The summed E-state index contributed by atoms with van der Waals surface area (Å²) < 4.78 is 11.1. The molecule has 0 aromatic carbocycles. The molecule has 9 heteroatoms. The molecule has 2 fully saturated rings. The highest BCUT2D eigenvalue weighted by Gasteiger charge is 2.44. The van der Waals surface area contributed by atoms with E-state index in [1.54, 1.807) is 27.9 Å². The van der Waals surface area contributed by atoms with E-state index >= 15 is 0 Å². The van der Waals surface area contributed by atoms with Crippen molar-refractivity contribution < 1.29 is 19.1 Å². The second-order valence-electron chi connectivity index (χ2n) is 7.50. The minimum Gasteiger partial charge on any atom is -0.444 e. The van der Waals surface area contributed by atoms with Gasteiger partial charge in [0.25, 0.3) is 0 Å². The molecule has 1 heterocycles. The van der Waals surface area contributed by atoms with Crippen molar-refractivity contribution in [1.82, 2.24) is 10.2 Å². The molecule has 0 radical (unpaired) electrons. The van der Waals surface area contributed by atoms with E-state index in [4.69, 9.17) is 15.0 Å². The zero-order chi connectivity index (χ0) is 18.6. The Labute approximate surface area is 147 Å². The van der Waals surface area contributed by atoms with Gasteiger partial charge in [0.05, 0.1) is 12.1 Å². The first-order chi connectivity index (χ1) is 11.8. The van der Waals surface area contributed by atoms with Gasteiger partial charge < -0.3 is 14.8 Å². The van der Waals surface area contributed by atoms with Crippen LogP contribution >= 0.6 is 0 Å². The highest BCUT2D eigenvalue weighted by molar-refractivity contribution is 5.87. The van der Waals surface area contributed by atoms with Crippen LogP contribution in [0.1, 0.15) is 46.5 Å². The number of carbonyl (C=O) groups excluding carboxylic acids is 2. The number of nitrogens with one attached hydrogen (secondary N) is 1. The maximum absolute atomic E-state index is 12.8. The lowest BCUT2D eigenvalue weighted by Crippen LogP contribution is -2.57. The third-order valence-electron chi connectivity index (χ3n) is 4.56. The van der Waals surface area contributed by atoms with Gasteiger partial charge >= 0.3 is 6.09 Å². The number of nitrogens with zero attached hydrogens (tertiary/aromatic N) is 4. The molecule has 25 heavy (non-hydrogen) atoms. The first-order valence-electron chi connectivity index (χ1n) is 8.63. The molecule has 1 N–H and O–H groups in total. The third kappa shape index (κ3) is 4.76. The van der Waals surface area contributed by atoms with Crippen LogP contribution in [0.5, 0.6) is 0 Å². The molecule has 2 aliphatic rings. The fraction of sp³-hybridized carbons (Fsp3) is 0.875. The van der Waals surface area contributed by atoms with E-state index in [0.29, 0.717) is 32.2 Å². The molecule has 9 nitrogen and oxygen atoms in total. The smallest absolute Gasteiger partial charge is 0.411 e. The summed E-state index contributed by atoms with van der Waals surface area (Å²) in [7, 11) is 1.57. The summed E-state index contributed by atoms with van der Waals surface area (Å²) in [6.45, 7) is 5.92. The molecule has 1 aliphatic carbocycles. The van der Waals surface area contributed by atoms with Crippen molar-refractivity contribution in [2.75, 3.05) is 13.7 Å². The Bertz CT molecular complexity index is 555. The average Bonchev–Trinajstić information content (AvgIpc) is 2.93. The maximum Gasteiger partial charge on any atom is 0.411 e. The maximum atomic E-state index is 12.8. The van der Waals surface area contributed by atoms with Crippen molar-refractivity contribution in [2.24, 2.45) is 5.11 Å². The molecule has 1 saturated carbocycles. The fourth-order valence-electron chi connectivity index (χ4n) is 3.50. The minimum atomic E-state index is -0.657. The van der Waals surface area contributed by atoms with E-state index < -0.39 is 17.7 Å². The standard InChI is InChI=1S/C16H27N5O4/c1-16(2,3)25-15(23)21(12-7-8-18-14(12)22)11-6-5-10(19-20-17)9-13(11)24-4/h10-13H,5-9H2,1-4H3,(H,18,22)/t10-,11+,12+,13-/m1/s1. The first-order valence-corrected chi connectivity index (χ1v) is 8.63. The van der Waals surface area contributed by atoms with Crippen molar-refractivity contribution in [3.63, 3.8) is 0 Å². The van der Waals surface area contributed by atoms with Gasteiger partial charge in [-0.2, -0.15) is 0 Å². The van der Waals surface area contributed by atoms with Gasteiger partial charge in [0, 0.05) is 24.6 Å². The molecular weight excluding hydrogens is 326 g/mol. The SMILES string of the molecule is CO[C@@H]1C[C@H](N=[N+]=[N-])CC[C@@H]1N(C(=O)OC(C)(C)C)[C@H]1CCNC1=O. The van der Waals surface area contributed by atoms with E-state index in [0.717, 1.165) is 0 Å². The lowest BCUT2D eigenvalue weighted by molar-refractivity contribution is -0.126. The summed E-state index contributed by atoms with van der Waals surface area (Å²) in [5.74, 6) is -0.169. The van der Waals surface area contributed by atoms with E-state index in [9.17, 15) is 9.59 Å². The lowest BCUT2D eigenvalue weighted by Gasteiger charge is -2.43. The van der Waals surface area contributed by atoms with Crippen molar-refractivity contribution in [3.8, 4) is 0 Å². The van der Waals surface area contributed by atoms with Gasteiger partial charge in [0.15, 0.2) is 0 Å². The van der Waals surface area contributed by atoms with Crippen LogP contribution in [0.25, 0.3) is 10.4 Å². The van der Waals surface area contributed by atoms with Gasteiger partial charge in [0.2, 0.25) is 5.91 Å². The van der Waals surface area contributed by atoms with Crippen LogP contribution in [-0.4, -0.2) is 60.4 Å². The predicted octanol–water partition coefficient (Wildman–Crippen LogP) is 2.36. The summed E-state index contributed by atoms with van der Waals surface area (Å²) in [6.07, 6.45) is 1.46. The van der Waals surface area contributed by atoms with E-state index in [1.165, 1.54) is 4.90 Å². The Hall–Kier alpha value is -1.99. The molecule has 4 atom stereocenters. The topological polar surface area (TPSA) is 117 Å². The van der Waals surface area contributed by atoms with Crippen molar-refractivity contribution in [3.05, 3.63) is 10.4 Å². The number of rotatable bonds is 4. The Morgan fingerprint density at radius 2 is 2.08 bits per heavy atom. The summed E-state index contributed by atoms with van der Waals surface area (Å²) in [5.41, 5.74) is 8.00. The largest absolute Gasteiger partial charge is 0.444 e. The fourth-order valence-corrected chi connectivity index (χ4v) is 3.50. The summed E-state index contributed by atoms with van der Waals surface area (Å²) in [6, 6.07) is -1.02. The zero-order valence-electron chi connectivity index (χ0n) is 15.3. The van der Waals surface area contributed by atoms with Gasteiger partial charge in [-0.05, 0) is 52.0 Å². The molecule has 0 unspecified atom stereocenters. The minimum absolute atomic E-state index is 0.163. The predicted molar refractivity (Wildman–Crippen MR) is 90.9 cm³/mol. The van der Waals surface area contributed by atoms with E-state index in [1.807, 2.05) is 0 Å². The molecule has 0 spiro atoms. The van der Waals surface area contributed by atoms with Crippen LogP contribution in [0.2, 0.25) is 0 Å². The molecule has 0 bridgehead atoms. The van der Waals surface area contributed by atoms with Gasteiger partial charge in [-0.25, -0.2) is 4.79 Å². The summed E-state index contributed by atoms with van der Waals surface area (Å²) in [4.78, 5) is 29.5. The normalized spacial score (nSPS) is 29.5. The quantitative estimate of drug-likeness (QED) is 0.474. The lowest BCUT2D eigenvalue weighted by atomic mass is 9.87. The Kier molecular flexibility index (Phi) is 6.13. The van der Waals surface area contributed by atoms with Crippen LogP contribution in [0.15, 0.2) is 5.11 Å². The molecule has 0 aromatic heterocycles. The van der Waals surface area contributed by atoms with Gasteiger partial charge in [-0.1, -0.05) is 5.11 Å². The molecule has 0 aromatic rings. The van der Waals surface area contributed by atoms with Crippen LogP contribution < -0.4 is 5.32 Å². The molecule has 1 saturated heterocycles. The van der Waals surface area contributed by atoms with Crippen molar-refractivity contribution >= 4 is 12.0 Å². The van der Waals surface area contributed by atoms with E-state index in [-0.39, 0.29) is 24.1 Å². The van der Waals surface area contributed by atoms with Crippen LogP contribution in [-0.2, 0) is 14.3 Å². The van der Waals surface area contributed by atoms with Crippen LogP contribution in [0.4, 0.5) is 4.79 Å². The third-order valence-corrected chi connectivity index (χ3v) is 4.56. The highest BCUT2D eigenvalue weighted by atomic mass is 16.6. The second-order valence-corrected chi connectivity index (χ2v) is 7.50. The number of hydrogen-bond donors (Lipinski definition) is 1.